The molecule has 1 aromatic heterocycles. The number of nitrogens with zero attached hydrogens (tertiary/aromatic N) is 4. The van der Waals surface area contributed by atoms with Crippen molar-refractivity contribution >= 4 is 40.8 Å². The van der Waals surface area contributed by atoms with E-state index in [9.17, 15) is 18.8 Å². The molecule has 1 aromatic carbocycles. The van der Waals surface area contributed by atoms with Crippen molar-refractivity contribution in [1.29, 1.82) is 0 Å². The minimum atomic E-state index is -0.916. The van der Waals surface area contributed by atoms with E-state index in [1.807, 2.05) is 12.1 Å². The van der Waals surface area contributed by atoms with Crippen molar-refractivity contribution in [3.8, 4) is 0 Å². The van der Waals surface area contributed by atoms with Crippen LogP contribution in [0.15, 0.2) is 36.5 Å². The van der Waals surface area contributed by atoms with E-state index < -0.39 is 11.8 Å². The Labute approximate surface area is 239 Å². The van der Waals surface area contributed by atoms with Gasteiger partial charge in [0.2, 0.25) is 11.9 Å². The smallest absolute Gasteiger partial charge is 0.303 e. The first-order valence-electron chi connectivity index (χ1n) is 13.8. The van der Waals surface area contributed by atoms with Crippen molar-refractivity contribution in [2.45, 2.75) is 39.2 Å². The average Bonchev–Trinajstić information content (AvgIpc) is 3.53. The largest absolute Gasteiger partial charge is 0.481 e. The van der Waals surface area contributed by atoms with Crippen LogP contribution < -0.4 is 21.3 Å². The first-order valence-corrected chi connectivity index (χ1v) is 13.8. The number of carbonyl (C=O) groups excluding carboxylic acids is 2. The SMILES string of the molecule is CC(=O)CCC(=O)O.Cc1cc(Nc2ncc(F)c(N[C@H]3[C@@H](C(N)=O)[C@@H]4C=C[C@H]3C4)n2)ccc1N1CCN(C)CC1. The lowest BCUT2D eigenvalue weighted by Crippen LogP contribution is -2.44. The number of primary amides is 1. The number of likely N-dealkylation sites (N-methyl/N-ethyl adjacent to an activating group) is 1. The standard InChI is InChI=1S/C24H30FN7O.C5H8O3/c1-14-11-17(5-6-19(14)32-9-7-31(2)8-10-32)28-24-27-13-18(25)23(30-24)29-21-16-4-3-15(12-16)20(21)22(26)33;1-4(6)2-3-5(7)8/h3-6,11,13,15-16,20-21H,7-10,12H2,1-2H3,(H2,26,33)(H2,27,28,29,30);2-3H2,1H3,(H,7,8)/t15-,16+,20+,21-;/m1./s1. The summed E-state index contributed by atoms with van der Waals surface area (Å²) < 4.78 is 14.5. The summed E-state index contributed by atoms with van der Waals surface area (Å²) in [5, 5.41) is 14.3. The number of ketones is 1. The van der Waals surface area contributed by atoms with E-state index in [-0.39, 0.29) is 54.1 Å². The van der Waals surface area contributed by atoms with Crippen LogP contribution >= 0.6 is 0 Å². The molecule has 1 aliphatic heterocycles. The number of amides is 1. The van der Waals surface area contributed by atoms with Gasteiger partial charge >= 0.3 is 5.97 Å². The molecule has 2 fully saturated rings. The highest BCUT2D eigenvalue weighted by Crippen LogP contribution is 2.45. The third kappa shape index (κ3) is 7.57. The molecule has 1 saturated heterocycles. The number of carboxylic acid groups (broad SMARTS) is 1. The zero-order valence-electron chi connectivity index (χ0n) is 23.6. The summed E-state index contributed by atoms with van der Waals surface area (Å²) in [5.74, 6) is -1.67. The van der Waals surface area contributed by atoms with Gasteiger partial charge < -0.3 is 36.1 Å². The second-order valence-electron chi connectivity index (χ2n) is 10.9. The summed E-state index contributed by atoms with van der Waals surface area (Å²) in [6.07, 6.45) is 6.21. The molecule has 2 bridgehead atoms. The van der Waals surface area contributed by atoms with Crippen LogP contribution in [0.25, 0.3) is 0 Å². The molecule has 2 aromatic rings. The molecular formula is C29H38FN7O4. The number of aliphatic carboxylic acids is 1. The maximum atomic E-state index is 14.5. The molecule has 0 unspecified atom stereocenters. The molecule has 5 rings (SSSR count). The molecule has 220 valence electrons. The highest BCUT2D eigenvalue weighted by Gasteiger charge is 2.47. The lowest BCUT2D eigenvalue weighted by molar-refractivity contribution is -0.138. The Bertz CT molecular complexity index is 1300. The number of benzene rings is 1. The number of carbonyl (C=O) groups is 3. The number of hydrogen-bond acceptors (Lipinski definition) is 9. The lowest BCUT2D eigenvalue weighted by Gasteiger charge is -2.35. The summed E-state index contributed by atoms with van der Waals surface area (Å²) in [5.41, 5.74) is 8.84. The number of nitrogens with two attached hydrogens (primary N) is 1. The molecule has 1 saturated carbocycles. The molecule has 5 N–H and O–H groups in total. The van der Waals surface area contributed by atoms with Crippen molar-refractivity contribution < 1.29 is 23.9 Å². The van der Waals surface area contributed by atoms with Gasteiger partial charge in [0, 0.05) is 50.0 Å². The number of aromatic nitrogens is 2. The third-order valence-corrected chi connectivity index (χ3v) is 7.82. The van der Waals surface area contributed by atoms with E-state index in [4.69, 9.17) is 10.8 Å². The van der Waals surface area contributed by atoms with Gasteiger partial charge in [-0.15, -0.1) is 0 Å². The highest BCUT2D eigenvalue weighted by atomic mass is 19.1. The Hall–Kier alpha value is -4.06. The van der Waals surface area contributed by atoms with Crippen LogP contribution in [0.4, 0.5) is 27.5 Å². The fourth-order valence-corrected chi connectivity index (χ4v) is 5.64. The molecule has 12 heteroatoms. The van der Waals surface area contributed by atoms with E-state index in [0.717, 1.165) is 50.0 Å². The van der Waals surface area contributed by atoms with Gasteiger partial charge in [-0.2, -0.15) is 4.98 Å². The molecule has 1 amide bonds. The van der Waals surface area contributed by atoms with Gasteiger partial charge in [-0.3, -0.25) is 9.59 Å². The number of rotatable bonds is 9. The van der Waals surface area contributed by atoms with Crippen LogP contribution in [-0.2, 0) is 14.4 Å². The van der Waals surface area contributed by atoms with Crippen LogP contribution in [0.3, 0.4) is 0 Å². The van der Waals surface area contributed by atoms with Crippen LogP contribution in [0.2, 0.25) is 0 Å². The topological polar surface area (TPSA) is 154 Å². The summed E-state index contributed by atoms with van der Waals surface area (Å²) in [7, 11) is 2.14. The highest BCUT2D eigenvalue weighted by molar-refractivity contribution is 5.80. The van der Waals surface area contributed by atoms with Gasteiger partial charge in [-0.25, -0.2) is 9.37 Å². The third-order valence-electron chi connectivity index (χ3n) is 7.82. The van der Waals surface area contributed by atoms with Crippen molar-refractivity contribution in [2.75, 3.05) is 48.8 Å². The van der Waals surface area contributed by atoms with Gasteiger partial charge in [0.05, 0.1) is 18.5 Å². The predicted molar refractivity (Wildman–Crippen MR) is 155 cm³/mol. The summed E-state index contributed by atoms with van der Waals surface area (Å²) >= 11 is 0. The molecule has 0 radical (unpaired) electrons. The number of anilines is 4. The fraction of sp³-hybridized carbons (Fsp3) is 0.483. The van der Waals surface area contributed by atoms with Crippen LogP contribution in [-0.4, -0.2) is 76.9 Å². The van der Waals surface area contributed by atoms with E-state index in [2.05, 4.69) is 62.6 Å². The van der Waals surface area contributed by atoms with Gasteiger partial charge in [-0.05, 0) is 62.9 Å². The number of Topliss-reactive ketones (excluding diaryl/α,β-unsaturated/α-hetero) is 1. The Kier molecular flexibility index (Phi) is 9.53. The number of halogens is 1. The first kappa shape index (κ1) is 29.9. The number of nitrogens with one attached hydrogen (secondary N) is 2. The van der Waals surface area contributed by atoms with Crippen molar-refractivity contribution in [2.24, 2.45) is 23.5 Å². The normalized spacial score (nSPS) is 23.1. The van der Waals surface area contributed by atoms with Crippen LogP contribution in [0.5, 0.6) is 0 Å². The van der Waals surface area contributed by atoms with Crippen molar-refractivity contribution in [3.05, 3.63) is 47.9 Å². The number of allylic oxidation sites excluding steroid dienone is 1. The summed E-state index contributed by atoms with van der Waals surface area (Å²) in [6, 6.07) is 5.88. The van der Waals surface area contributed by atoms with Gasteiger partial charge in [-0.1, -0.05) is 12.2 Å². The van der Waals surface area contributed by atoms with Crippen LogP contribution in [0.1, 0.15) is 31.7 Å². The van der Waals surface area contributed by atoms with Gasteiger partial charge in [0.25, 0.3) is 0 Å². The fourth-order valence-electron chi connectivity index (χ4n) is 5.64. The number of piperazine rings is 1. The average molecular weight is 568 g/mol. The second-order valence-corrected chi connectivity index (χ2v) is 10.9. The minimum Gasteiger partial charge on any atom is -0.481 e. The van der Waals surface area contributed by atoms with E-state index in [0.29, 0.717) is 5.95 Å². The molecule has 0 spiro atoms. The van der Waals surface area contributed by atoms with Crippen molar-refractivity contribution in [3.63, 3.8) is 0 Å². The van der Waals surface area contributed by atoms with E-state index in [1.54, 1.807) is 0 Å². The first-order chi connectivity index (χ1) is 19.5. The molecular weight excluding hydrogens is 529 g/mol. The second kappa shape index (κ2) is 13.1. The summed E-state index contributed by atoms with van der Waals surface area (Å²) in [4.78, 5) is 45.0. The van der Waals surface area contributed by atoms with Gasteiger partial charge in [0.15, 0.2) is 11.6 Å². The number of carboxylic acids is 1. The van der Waals surface area contributed by atoms with E-state index >= 15 is 0 Å². The van der Waals surface area contributed by atoms with E-state index in [1.165, 1.54) is 12.6 Å². The zero-order valence-corrected chi connectivity index (χ0v) is 23.6. The number of aryl methyl sites for hydroxylation is 1. The Morgan fingerprint density at radius 1 is 1.12 bits per heavy atom. The Morgan fingerprint density at radius 3 is 2.44 bits per heavy atom. The quantitative estimate of drug-likeness (QED) is 0.333. The molecule has 2 heterocycles. The molecule has 3 aliphatic rings. The Morgan fingerprint density at radius 2 is 1.83 bits per heavy atom. The maximum Gasteiger partial charge on any atom is 0.303 e. The molecule has 4 atom stereocenters. The number of fused-ring (bicyclic) bond motifs is 2. The number of hydrogen-bond donors (Lipinski definition) is 4. The Balaban J connectivity index is 0.000000426. The van der Waals surface area contributed by atoms with Crippen LogP contribution in [0, 0.1) is 30.5 Å². The molecule has 11 nitrogen and oxygen atoms in total. The van der Waals surface area contributed by atoms with Crippen molar-refractivity contribution in [1.82, 2.24) is 14.9 Å². The zero-order chi connectivity index (χ0) is 29.7. The van der Waals surface area contributed by atoms with Gasteiger partial charge in [0.1, 0.15) is 5.78 Å². The molecule has 2 aliphatic carbocycles. The summed E-state index contributed by atoms with van der Waals surface area (Å²) in [6.45, 7) is 7.57. The monoisotopic (exact) mass is 567 g/mol. The maximum absolute atomic E-state index is 14.5. The minimum absolute atomic E-state index is 0.0463. The predicted octanol–water partition coefficient (Wildman–Crippen LogP) is 2.95. The lowest BCUT2D eigenvalue weighted by atomic mass is 9.88. The molecule has 41 heavy (non-hydrogen) atoms.